The molecule has 1 unspecified atom stereocenters. The van der Waals surface area contributed by atoms with Crippen LogP contribution in [0.5, 0.6) is 5.75 Å². The van der Waals surface area contributed by atoms with Crippen molar-refractivity contribution >= 4 is 23.2 Å². The third-order valence-electron chi connectivity index (χ3n) is 3.85. The third-order valence-corrected chi connectivity index (χ3v) is 4.57. The van der Waals surface area contributed by atoms with E-state index in [4.69, 9.17) is 27.9 Å². The molecular formula is C17H15Cl2FO. The summed E-state index contributed by atoms with van der Waals surface area (Å²) in [6.07, 6.45) is 0. The fourth-order valence-corrected chi connectivity index (χ4v) is 3.07. The average molecular weight is 325 g/mol. The summed E-state index contributed by atoms with van der Waals surface area (Å²) in [6, 6.07) is 10.2. The summed E-state index contributed by atoms with van der Waals surface area (Å²) >= 11 is 12.4. The van der Waals surface area contributed by atoms with Gasteiger partial charge in [0.2, 0.25) is 0 Å². The zero-order valence-corrected chi connectivity index (χ0v) is 13.3. The van der Waals surface area contributed by atoms with E-state index in [1.54, 1.807) is 6.07 Å². The Morgan fingerprint density at radius 3 is 2.71 bits per heavy atom. The standard InChI is InChI=1S/C17H15Cl2FO/c1-17(2)9-21-15-6-3-10(7-13(15)17)16(19)12-8-11(18)4-5-14(12)20/h3-8,16H,9H2,1-2H3. The van der Waals surface area contributed by atoms with Crippen molar-refractivity contribution in [2.75, 3.05) is 6.61 Å². The minimum atomic E-state index is -0.578. The first-order chi connectivity index (χ1) is 9.88. The largest absolute Gasteiger partial charge is 0.492 e. The quantitative estimate of drug-likeness (QED) is 0.665. The van der Waals surface area contributed by atoms with Gasteiger partial charge in [0, 0.05) is 21.6 Å². The Kier molecular flexibility index (Phi) is 3.62. The molecule has 4 heteroatoms. The van der Waals surface area contributed by atoms with E-state index < -0.39 is 5.38 Å². The van der Waals surface area contributed by atoms with Crippen LogP contribution in [0.2, 0.25) is 5.02 Å². The lowest BCUT2D eigenvalue weighted by Gasteiger charge is -2.18. The van der Waals surface area contributed by atoms with E-state index in [-0.39, 0.29) is 11.2 Å². The summed E-state index contributed by atoms with van der Waals surface area (Å²) in [5.74, 6) is 0.523. The van der Waals surface area contributed by atoms with E-state index in [0.717, 1.165) is 16.9 Å². The fraction of sp³-hybridized carbons (Fsp3) is 0.294. The molecule has 0 aromatic heterocycles. The summed E-state index contributed by atoms with van der Waals surface area (Å²) in [7, 11) is 0. The predicted octanol–water partition coefficient (Wildman–Crippen LogP) is 5.48. The Labute approximate surface area is 133 Å². The van der Waals surface area contributed by atoms with E-state index >= 15 is 0 Å². The van der Waals surface area contributed by atoms with Gasteiger partial charge in [-0.25, -0.2) is 4.39 Å². The lowest BCUT2D eigenvalue weighted by molar-refractivity contribution is 0.291. The molecular weight excluding hydrogens is 310 g/mol. The molecule has 0 spiro atoms. The van der Waals surface area contributed by atoms with Crippen molar-refractivity contribution in [1.29, 1.82) is 0 Å². The second kappa shape index (κ2) is 5.19. The van der Waals surface area contributed by atoms with Crippen LogP contribution in [0.1, 0.15) is 35.9 Å². The molecule has 0 radical (unpaired) electrons. The van der Waals surface area contributed by atoms with Gasteiger partial charge >= 0.3 is 0 Å². The van der Waals surface area contributed by atoms with Crippen molar-refractivity contribution in [1.82, 2.24) is 0 Å². The number of rotatable bonds is 2. The lowest BCUT2D eigenvalue weighted by atomic mass is 9.85. The Hall–Kier alpha value is -1.25. The molecule has 1 aliphatic heterocycles. The predicted molar refractivity (Wildman–Crippen MR) is 84.1 cm³/mol. The maximum Gasteiger partial charge on any atom is 0.128 e. The maximum atomic E-state index is 14.0. The second-order valence-electron chi connectivity index (χ2n) is 5.96. The molecule has 1 aliphatic rings. The highest BCUT2D eigenvalue weighted by atomic mass is 35.5. The Balaban J connectivity index is 2.03. The molecule has 0 bridgehead atoms. The molecule has 21 heavy (non-hydrogen) atoms. The lowest BCUT2D eigenvalue weighted by Crippen LogP contribution is -2.18. The summed E-state index contributed by atoms with van der Waals surface area (Å²) in [4.78, 5) is 0. The number of halogens is 3. The van der Waals surface area contributed by atoms with Gasteiger partial charge in [-0.05, 0) is 35.9 Å². The first-order valence-electron chi connectivity index (χ1n) is 6.75. The zero-order valence-electron chi connectivity index (χ0n) is 11.8. The molecule has 0 aliphatic carbocycles. The minimum Gasteiger partial charge on any atom is -0.492 e. The molecule has 0 fully saturated rings. The van der Waals surface area contributed by atoms with Crippen molar-refractivity contribution < 1.29 is 9.13 Å². The molecule has 1 heterocycles. The summed E-state index contributed by atoms with van der Waals surface area (Å²) in [6.45, 7) is 4.88. The molecule has 0 saturated carbocycles. The Morgan fingerprint density at radius 2 is 1.95 bits per heavy atom. The number of hydrogen-bond donors (Lipinski definition) is 0. The van der Waals surface area contributed by atoms with Crippen molar-refractivity contribution in [3.05, 3.63) is 63.9 Å². The van der Waals surface area contributed by atoms with E-state index in [1.807, 2.05) is 18.2 Å². The Morgan fingerprint density at radius 1 is 1.19 bits per heavy atom. The monoisotopic (exact) mass is 324 g/mol. The molecule has 0 saturated heterocycles. The molecule has 3 rings (SSSR count). The number of ether oxygens (including phenoxy) is 1. The Bertz CT molecular complexity index is 697. The smallest absolute Gasteiger partial charge is 0.128 e. The maximum absolute atomic E-state index is 14.0. The van der Waals surface area contributed by atoms with E-state index in [9.17, 15) is 4.39 Å². The third kappa shape index (κ3) is 2.63. The van der Waals surface area contributed by atoms with Crippen LogP contribution in [0.25, 0.3) is 0 Å². The molecule has 0 amide bonds. The second-order valence-corrected chi connectivity index (χ2v) is 6.83. The average Bonchev–Trinajstić information content (AvgIpc) is 2.76. The van der Waals surface area contributed by atoms with Gasteiger partial charge in [-0.1, -0.05) is 31.5 Å². The van der Waals surface area contributed by atoms with Crippen LogP contribution < -0.4 is 4.74 Å². The van der Waals surface area contributed by atoms with E-state index in [0.29, 0.717) is 17.2 Å². The minimum absolute atomic E-state index is 0.0607. The zero-order chi connectivity index (χ0) is 15.2. The van der Waals surface area contributed by atoms with Crippen LogP contribution in [0.3, 0.4) is 0 Å². The SMILES string of the molecule is CC1(C)COc2ccc(C(Cl)c3cc(Cl)ccc3F)cc21. The van der Waals surface area contributed by atoms with Crippen molar-refractivity contribution in [2.24, 2.45) is 0 Å². The highest BCUT2D eigenvalue weighted by Crippen LogP contribution is 2.41. The van der Waals surface area contributed by atoms with Crippen LogP contribution >= 0.6 is 23.2 Å². The molecule has 110 valence electrons. The van der Waals surface area contributed by atoms with Crippen LogP contribution in [-0.4, -0.2) is 6.61 Å². The van der Waals surface area contributed by atoms with Crippen molar-refractivity contribution in [3.63, 3.8) is 0 Å². The van der Waals surface area contributed by atoms with Gasteiger partial charge in [-0.15, -0.1) is 11.6 Å². The van der Waals surface area contributed by atoms with Crippen molar-refractivity contribution in [3.8, 4) is 5.75 Å². The van der Waals surface area contributed by atoms with E-state index in [1.165, 1.54) is 12.1 Å². The van der Waals surface area contributed by atoms with Gasteiger partial charge in [0.15, 0.2) is 0 Å². The summed E-state index contributed by atoms with van der Waals surface area (Å²) < 4.78 is 19.6. The first kappa shape index (κ1) is 14.7. The molecule has 2 aromatic carbocycles. The number of benzene rings is 2. The molecule has 2 aromatic rings. The van der Waals surface area contributed by atoms with Crippen LogP contribution in [0, 0.1) is 5.82 Å². The molecule has 1 atom stereocenters. The van der Waals surface area contributed by atoms with Gasteiger partial charge in [0.05, 0.1) is 12.0 Å². The number of alkyl halides is 1. The number of hydrogen-bond acceptors (Lipinski definition) is 1. The summed E-state index contributed by atoms with van der Waals surface area (Å²) in [5, 5.41) is -0.104. The normalized spacial score (nSPS) is 17.2. The van der Waals surface area contributed by atoms with Crippen molar-refractivity contribution in [2.45, 2.75) is 24.6 Å². The van der Waals surface area contributed by atoms with Crippen LogP contribution in [0.15, 0.2) is 36.4 Å². The van der Waals surface area contributed by atoms with Gasteiger partial charge in [-0.2, -0.15) is 0 Å². The fourth-order valence-electron chi connectivity index (χ4n) is 2.58. The molecule has 0 N–H and O–H groups in total. The number of fused-ring (bicyclic) bond motifs is 1. The topological polar surface area (TPSA) is 9.23 Å². The highest BCUT2D eigenvalue weighted by molar-refractivity contribution is 6.30. The highest BCUT2D eigenvalue weighted by Gasteiger charge is 2.32. The van der Waals surface area contributed by atoms with Gasteiger partial charge in [0.25, 0.3) is 0 Å². The van der Waals surface area contributed by atoms with Gasteiger partial charge in [-0.3, -0.25) is 0 Å². The van der Waals surface area contributed by atoms with Gasteiger partial charge in [0.1, 0.15) is 11.6 Å². The molecule has 1 nitrogen and oxygen atoms in total. The van der Waals surface area contributed by atoms with Crippen LogP contribution in [0.4, 0.5) is 4.39 Å². The summed E-state index contributed by atoms with van der Waals surface area (Å²) in [5.41, 5.74) is 2.28. The first-order valence-corrected chi connectivity index (χ1v) is 7.56. The van der Waals surface area contributed by atoms with Crippen LogP contribution in [-0.2, 0) is 5.41 Å². The van der Waals surface area contributed by atoms with Gasteiger partial charge < -0.3 is 4.74 Å². The van der Waals surface area contributed by atoms with E-state index in [2.05, 4.69) is 13.8 Å².